The second-order valence-electron chi connectivity index (χ2n) is 4.15. The molecular weight excluding hydrogens is 219 g/mol. The topological polar surface area (TPSA) is 38.5 Å². The summed E-state index contributed by atoms with van der Waals surface area (Å²) in [6.45, 7) is 3.46. The molecule has 0 aliphatic heterocycles. The van der Waals surface area contributed by atoms with Gasteiger partial charge in [0, 0.05) is 11.6 Å². The summed E-state index contributed by atoms with van der Waals surface area (Å²) in [6.07, 6.45) is 0.900. The fraction of sp³-hybridized carbons (Fsp3) is 0.538. The maximum absolute atomic E-state index is 13.8. The lowest BCUT2D eigenvalue weighted by atomic mass is 10.1. The van der Waals surface area contributed by atoms with E-state index in [9.17, 15) is 4.39 Å². The Balaban J connectivity index is 2.90. The first-order chi connectivity index (χ1) is 8.11. The smallest absolute Gasteiger partial charge is 0.131 e. The summed E-state index contributed by atoms with van der Waals surface area (Å²) in [5.41, 5.74) is 6.08. The number of ether oxygens (including phenoxy) is 1. The van der Waals surface area contributed by atoms with Gasteiger partial charge in [-0.2, -0.15) is 0 Å². The molecule has 0 fully saturated rings. The molecule has 4 heteroatoms. The Kier molecular flexibility index (Phi) is 5.38. The molecule has 17 heavy (non-hydrogen) atoms. The van der Waals surface area contributed by atoms with Gasteiger partial charge in [0.15, 0.2) is 0 Å². The average molecular weight is 240 g/mol. The third-order valence-electron chi connectivity index (χ3n) is 3.03. The molecule has 0 radical (unpaired) electrons. The molecule has 2 N–H and O–H groups in total. The van der Waals surface area contributed by atoms with Gasteiger partial charge in [-0.25, -0.2) is 4.39 Å². The molecule has 1 atom stereocenters. The largest absolute Gasteiger partial charge is 0.496 e. The van der Waals surface area contributed by atoms with Crippen molar-refractivity contribution in [3.8, 4) is 5.75 Å². The van der Waals surface area contributed by atoms with Gasteiger partial charge in [0.2, 0.25) is 0 Å². The maximum Gasteiger partial charge on any atom is 0.131 e. The minimum Gasteiger partial charge on any atom is -0.496 e. The van der Waals surface area contributed by atoms with Crippen LogP contribution in [0.15, 0.2) is 18.2 Å². The van der Waals surface area contributed by atoms with Crippen LogP contribution in [0.1, 0.15) is 24.9 Å². The maximum atomic E-state index is 13.8. The Morgan fingerprint density at radius 3 is 2.76 bits per heavy atom. The zero-order valence-electron chi connectivity index (χ0n) is 10.7. The number of nitrogens with two attached hydrogens (primary N) is 1. The van der Waals surface area contributed by atoms with Crippen molar-refractivity contribution in [2.24, 2.45) is 5.73 Å². The number of hydrogen-bond donors (Lipinski definition) is 1. The van der Waals surface area contributed by atoms with E-state index < -0.39 is 0 Å². The van der Waals surface area contributed by atoms with Crippen LogP contribution in [0, 0.1) is 5.82 Å². The monoisotopic (exact) mass is 240 g/mol. The third kappa shape index (κ3) is 3.41. The van der Waals surface area contributed by atoms with Crippen LogP contribution in [-0.4, -0.2) is 32.1 Å². The summed E-state index contributed by atoms with van der Waals surface area (Å²) in [7, 11) is 3.52. The van der Waals surface area contributed by atoms with Crippen LogP contribution >= 0.6 is 0 Å². The molecular formula is C13H21FN2O. The Morgan fingerprint density at radius 1 is 1.47 bits per heavy atom. The lowest BCUT2D eigenvalue weighted by Crippen LogP contribution is -2.26. The number of halogens is 1. The molecule has 0 spiro atoms. The van der Waals surface area contributed by atoms with Crippen molar-refractivity contribution >= 4 is 0 Å². The fourth-order valence-electron chi connectivity index (χ4n) is 1.86. The zero-order chi connectivity index (χ0) is 12.8. The molecule has 1 rings (SSSR count). The quantitative estimate of drug-likeness (QED) is 0.828. The minimum atomic E-state index is -0.226. The van der Waals surface area contributed by atoms with E-state index >= 15 is 0 Å². The number of nitrogens with zero attached hydrogens (tertiary/aromatic N) is 1. The second-order valence-corrected chi connectivity index (χ2v) is 4.15. The summed E-state index contributed by atoms with van der Waals surface area (Å²) in [4.78, 5) is 2.08. The molecule has 3 nitrogen and oxygen atoms in total. The Morgan fingerprint density at radius 2 is 2.18 bits per heavy atom. The second kappa shape index (κ2) is 6.57. The molecule has 1 unspecified atom stereocenters. The van der Waals surface area contributed by atoms with E-state index in [0.29, 0.717) is 17.9 Å². The molecule has 1 aromatic rings. The first-order valence-corrected chi connectivity index (χ1v) is 5.84. The fourth-order valence-corrected chi connectivity index (χ4v) is 1.86. The zero-order valence-corrected chi connectivity index (χ0v) is 10.7. The number of benzene rings is 1. The molecule has 0 saturated carbocycles. The van der Waals surface area contributed by atoms with Gasteiger partial charge in [-0.15, -0.1) is 0 Å². The van der Waals surface area contributed by atoms with Crippen molar-refractivity contribution in [1.82, 2.24) is 4.90 Å². The van der Waals surface area contributed by atoms with Gasteiger partial charge in [-0.3, -0.25) is 4.90 Å². The molecule has 96 valence electrons. The molecule has 0 aromatic heterocycles. The Hall–Kier alpha value is -1.13. The summed E-state index contributed by atoms with van der Waals surface area (Å²) in [6, 6.07) is 4.87. The van der Waals surface area contributed by atoms with Gasteiger partial charge in [-0.1, -0.05) is 6.07 Å². The van der Waals surface area contributed by atoms with Crippen molar-refractivity contribution in [1.29, 1.82) is 0 Å². The Labute approximate surface area is 102 Å². The molecule has 0 saturated heterocycles. The first kappa shape index (κ1) is 13.9. The highest BCUT2D eigenvalue weighted by Crippen LogP contribution is 2.30. The van der Waals surface area contributed by atoms with E-state index in [1.165, 1.54) is 6.07 Å². The first-order valence-electron chi connectivity index (χ1n) is 5.84. The molecule has 0 bridgehead atoms. The normalized spacial score (nSPS) is 12.8. The lowest BCUT2D eigenvalue weighted by molar-refractivity contribution is 0.248. The van der Waals surface area contributed by atoms with E-state index in [1.54, 1.807) is 19.2 Å². The molecule has 0 heterocycles. The van der Waals surface area contributed by atoms with Gasteiger partial charge in [0.1, 0.15) is 11.6 Å². The van der Waals surface area contributed by atoms with Crippen LogP contribution < -0.4 is 10.5 Å². The summed E-state index contributed by atoms with van der Waals surface area (Å²) in [5.74, 6) is 0.369. The van der Waals surface area contributed by atoms with Gasteiger partial charge in [-0.05, 0) is 45.6 Å². The van der Waals surface area contributed by atoms with E-state index in [2.05, 4.69) is 4.90 Å². The van der Waals surface area contributed by atoms with Crippen LogP contribution in [0.5, 0.6) is 5.75 Å². The Bertz CT molecular complexity index is 357. The molecule has 0 amide bonds. The van der Waals surface area contributed by atoms with Crippen LogP contribution in [0.4, 0.5) is 4.39 Å². The van der Waals surface area contributed by atoms with E-state index in [0.717, 1.165) is 13.0 Å². The molecule has 0 aliphatic carbocycles. The highest BCUT2D eigenvalue weighted by molar-refractivity contribution is 5.36. The summed E-state index contributed by atoms with van der Waals surface area (Å²) in [5, 5.41) is 0. The van der Waals surface area contributed by atoms with Crippen molar-refractivity contribution < 1.29 is 9.13 Å². The predicted molar refractivity (Wildman–Crippen MR) is 67.7 cm³/mol. The van der Waals surface area contributed by atoms with Crippen molar-refractivity contribution in [2.45, 2.75) is 19.4 Å². The number of rotatable bonds is 6. The molecule has 0 aliphatic rings. The van der Waals surface area contributed by atoms with Crippen LogP contribution in [-0.2, 0) is 0 Å². The lowest BCUT2D eigenvalue weighted by Gasteiger charge is -2.26. The van der Waals surface area contributed by atoms with Crippen LogP contribution in [0.25, 0.3) is 0 Å². The van der Waals surface area contributed by atoms with E-state index in [-0.39, 0.29) is 11.9 Å². The highest BCUT2D eigenvalue weighted by atomic mass is 19.1. The SMILES string of the molecule is COc1cccc(F)c1C(C)N(C)CCCN. The van der Waals surface area contributed by atoms with Crippen molar-refractivity contribution in [3.63, 3.8) is 0 Å². The highest BCUT2D eigenvalue weighted by Gasteiger charge is 2.19. The van der Waals surface area contributed by atoms with Gasteiger partial charge in [0.05, 0.1) is 7.11 Å². The standard InChI is InChI=1S/C13H21FN2O/c1-10(16(2)9-5-8-15)13-11(14)6-4-7-12(13)17-3/h4,6-7,10H,5,8-9,15H2,1-3H3. The van der Waals surface area contributed by atoms with Crippen molar-refractivity contribution in [3.05, 3.63) is 29.6 Å². The predicted octanol–water partition coefficient (Wildman–Crippen LogP) is 2.18. The van der Waals surface area contributed by atoms with E-state index in [4.69, 9.17) is 10.5 Å². The minimum absolute atomic E-state index is 0.0299. The van der Waals surface area contributed by atoms with Gasteiger partial charge in [0.25, 0.3) is 0 Å². The van der Waals surface area contributed by atoms with Crippen LogP contribution in [0.3, 0.4) is 0 Å². The van der Waals surface area contributed by atoms with E-state index in [1.807, 2.05) is 14.0 Å². The van der Waals surface area contributed by atoms with Gasteiger partial charge >= 0.3 is 0 Å². The summed E-state index contributed by atoms with van der Waals surface area (Å²) >= 11 is 0. The average Bonchev–Trinajstić information content (AvgIpc) is 2.34. The molecule has 1 aromatic carbocycles. The van der Waals surface area contributed by atoms with Gasteiger partial charge < -0.3 is 10.5 Å². The summed E-state index contributed by atoms with van der Waals surface area (Å²) < 4.78 is 19.0. The van der Waals surface area contributed by atoms with Crippen LogP contribution in [0.2, 0.25) is 0 Å². The number of methoxy groups -OCH3 is 1. The van der Waals surface area contributed by atoms with Crippen molar-refractivity contribution in [2.75, 3.05) is 27.2 Å². The number of hydrogen-bond acceptors (Lipinski definition) is 3. The third-order valence-corrected chi connectivity index (χ3v) is 3.03.